The molecule has 0 radical (unpaired) electrons. The van der Waals surface area contributed by atoms with Crippen LogP contribution in [0.25, 0.3) is 0 Å². The zero-order valence-electron chi connectivity index (χ0n) is 14.5. The molecule has 0 spiro atoms. The molecular formula is C20H15N3O4S. The number of para-hydroxylation sites is 1. The van der Waals surface area contributed by atoms with Crippen LogP contribution in [0.15, 0.2) is 78.9 Å². The Hall–Kier alpha value is -3.78. The minimum absolute atomic E-state index is 0.00716. The van der Waals surface area contributed by atoms with Gasteiger partial charge in [0.25, 0.3) is 11.6 Å². The Balaban J connectivity index is 1.80. The molecule has 0 bridgehead atoms. The molecule has 1 amide bonds. The first-order valence-electron chi connectivity index (χ1n) is 8.21. The van der Waals surface area contributed by atoms with Gasteiger partial charge in [-0.3, -0.25) is 20.2 Å². The molecule has 0 unspecified atom stereocenters. The van der Waals surface area contributed by atoms with Gasteiger partial charge < -0.3 is 10.1 Å². The molecule has 28 heavy (non-hydrogen) atoms. The molecule has 3 aromatic rings. The summed E-state index contributed by atoms with van der Waals surface area (Å²) in [6.07, 6.45) is 0. The number of thiocarbonyl (C=S) groups is 1. The molecule has 0 heterocycles. The molecule has 140 valence electrons. The van der Waals surface area contributed by atoms with E-state index in [-0.39, 0.29) is 16.5 Å². The third kappa shape index (κ3) is 4.89. The Kier molecular flexibility index (Phi) is 5.93. The van der Waals surface area contributed by atoms with E-state index in [9.17, 15) is 14.9 Å². The third-order valence-electron chi connectivity index (χ3n) is 3.66. The first-order valence-corrected chi connectivity index (χ1v) is 8.62. The van der Waals surface area contributed by atoms with E-state index in [4.69, 9.17) is 17.0 Å². The van der Waals surface area contributed by atoms with Crippen molar-refractivity contribution in [2.24, 2.45) is 0 Å². The van der Waals surface area contributed by atoms with Crippen molar-refractivity contribution in [3.05, 3.63) is 94.5 Å². The van der Waals surface area contributed by atoms with Gasteiger partial charge in [0, 0.05) is 17.7 Å². The molecule has 3 aromatic carbocycles. The SMILES string of the molecule is O=C(NC(=S)Nc1cc([N+](=O)[O-])ccc1Oc1ccccc1)c1ccccc1. The van der Waals surface area contributed by atoms with Gasteiger partial charge >= 0.3 is 0 Å². The van der Waals surface area contributed by atoms with Crippen LogP contribution >= 0.6 is 12.2 Å². The van der Waals surface area contributed by atoms with E-state index < -0.39 is 10.8 Å². The van der Waals surface area contributed by atoms with Crippen molar-refractivity contribution in [3.8, 4) is 11.5 Å². The van der Waals surface area contributed by atoms with Gasteiger partial charge in [-0.1, -0.05) is 36.4 Å². The number of rotatable bonds is 5. The van der Waals surface area contributed by atoms with Crippen LogP contribution < -0.4 is 15.4 Å². The van der Waals surface area contributed by atoms with Crippen LogP contribution in [-0.4, -0.2) is 15.9 Å². The number of nitro benzene ring substituents is 1. The second kappa shape index (κ2) is 8.74. The number of nitrogens with one attached hydrogen (secondary N) is 2. The van der Waals surface area contributed by atoms with Crippen molar-refractivity contribution >= 4 is 34.6 Å². The van der Waals surface area contributed by atoms with Crippen LogP contribution in [0.1, 0.15) is 10.4 Å². The number of carbonyl (C=O) groups is 1. The maximum absolute atomic E-state index is 12.2. The molecular weight excluding hydrogens is 378 g/mol. The maximum atomic E-state index is 12.2. The van der Waals surface area contributed by atoms with Crippen molar-refractivity contribution in [1.29, 1.82) is 0 Å². The number of ether oxygens (including phenoxy) is 1. The number of nitrogens with zero attached hydrogens (tertiary/aromatic N) is 1. The Bertz CT molecular complexity index is 1010. The number of nitro groups is 1. The summed E-state index contributed by atoms with van der Waals surface area (Å²) in [4.78, 5) is 22.8. The molecule has 0 saturated carbocycles. The number of anilines is 1. The largest absolute Gasteiger partial charge is 0.455 e. The fourth-order valence-corrected chi connectivity index (χ4v) is 2.55. The standard InChI is InChI=1S/C20H15N3O4S/c24-19(14-7-3-1-4-8-14)22-20(28)21-17-13-15(23(25)26)11-12-18(17)27-16-9-5-2-6-10-16/h1-13H,(H2,21,22,24,28). The number of benzene rings is 3. The van der Waals surface area contributed by atoms with Crippen LogP contribution in [0.4, 0.5) is 11.4 Å². The zero-order chi connectivity index (χ0) is 19.9. The van der Waals surface area contributed by atoms with Crippen molar-refractivity contribution in [1.82, 2.24) is 5.32 Å². The van der Waals surface area contributed by atoms with Crippen LogP contribution in [0, 0.1) is 10.1 Å². The smallest absolute Gasteiger partial charge is 0.271 e. The van der Waals surface area contributed by atoms with Gasteiger partial charge in [-0.05, 0) is 42.5 Å². The molecule has 0 aliphatic rings. The average molecular weight is 393 g/mol. The van der Waals surface area contributed by atoms with Crippen LogP contribution in [0.2, 0.25) is 0 Å². The lowest BCUT2D eigenvalue weighted by Crippen LogP contribution is -2.34. The monoisotopic (exact) mass is 393 g/mol. The summed E-state index contributed by atoms with van der Waals surface area (Å²) in [5, 5.41) is 16.4. The molecule has 0 aromatic heterocycles. The second-order valence-electron chi connectivity index (χ2n) is 5.63. The van der Waals surface area contributed by atoms with Gasteiger partial charge in [0.1, 0.15) is 5.75 Å². The first-order chi connectivity index (χ1) is 13.5. The van der Waals surface area contributed by atoms with Crippen molar-refractivity contribution in [2.75, 3.05) is 5.32 Å². The van der Waals surface area contributed by atoms with Gasteiger partial charge in [0.05, 0.1) is 10.6 Å². The predicted molar refractivity (Wildman–Crippen MR) is 110 cm³/mol. The number of non-ortho nitro benzene ring substituents is 1. The topological polar surface area (TPSA) is 93.5 Å². The van der Waals surface area contributed by atoms with E-state index in [2.05, 4.69) is 10.6 Å². The van der Waals surface area contributed by atoms with Crippen molar-refractivity contribution < 1.29 is 14.5 Å². The van der Waals surface area contributed by atoms with Gasteiger partial charge in [0.15, 0.2) is 10.9 Å². The number of hydrogen-bond acceptors (Lipinski definition) is 5. The van der Waals surface area contributed by atoms with Crippen molar-refractivity contribution in [2.45, 2.75) is 0 Å². The molecule has 0 atom stereocenters. The molecule has 2 N–H and O–H groups in total. The average Bonchev–Trinajstić information content (AvgIpc) is 2.70. The minimum Gasteiger partial charge on any atom is -0.455 e. The fraction of sp³-hybridized carbons (Fsp3) is 0. The molecule has 0 fully saturated rings. The Labute approximate surface area is 166 Å². The summed E-state index contributed by atoms with van der Waals surface area (Å²) in [6.45, 7) is 0. The predicted octanol–water partition coefficient (Wildman–Crippen LogP) is 4.51. The Morgan fingerprint density at radius 3 is 2.25 bits per heavy atom. The normalized spacial score (nSPS) is 10.0. The summed E-state index contributed by atoms with van der Waals surface area (Å²) in [6, 6.07) is 21.6. The van der Waals surface area contributed by atoms with Gasteiger partial charge in [-0.25, -0.2) is 0 Å². The number of hydrogen-bond donors (Lipinski definition) is 2. The summed E-state index contributed by atoms with van der Waals surface area (Å²) in [5.41, 5.74) is 0.558. The first kappa shape index (κ1) is 19.0. The quantitative estimate of drug-likeness (QED) is 0.376. The van der Waals surface area contributed by atoms with Crippen LogP contribution in [-0.2, 0) is 0 Å². The molecule has 0 aliphatic heterocycles. The highest BCUT2D eigenvalue weighted by atomic mass is 32.1. The molecule has 0 saturated heterocycles. The summed E-state index contributed by atoms with van der Waals surface area (Å²) >= 11 is 5.18. The van der Waals surface area contributed by atoms with Crippen LogP contribution in [0.5, 0.6) is 11.5 Å². The minimum atomic E-state index is -0.525. The van der Waals surface area contributed by atoms with E-state index in [0.29, 0.717) is 17.1 Å². The van der Waals surface area contributed by atoms with Crippen molar-refractivity contribution in [3.63, 3.8) is 0 Å². The van der Waals surface area contributed by atoms with E-state index in [1.54, 1.807) is 54.6 Å². The lowest BCUT2D eigenvalue weighted by atomic mass is 10.2. The van der Waals surface area contributed by atoms with E-state index >= 15 is 0 Å². The Morgan fingerprint density at radius 2 is 1.61 bits per heavy atom. The zero-order valence-corrected chi connectivity index (χ0v) is 15.3. The second-order valence-corrected chi connectivity index (χ2v) is 6.04. The third-order valence-corrected chi connectivity index (χ3v) is 3.86. The molecule has 0 aliphatic carbocycles. The highest BCUT2D eigenvalue weighted by molar-refractivity contribution is 7.80. The lowest BCUT2D eigenvalue weighted by Gasteiger charge is -2.14. The highest BCUT2D eigenvalue weighted by Crippen LogP contribution is 2.32. The fourth-order valence-electron chi connectivity index (χ4n) is 2.35. The molecule has 8 heteroatoms. The summed E-state index contributed by atoms with van der Waals surface area (Å²) in [5.74, 6) is 0.487. The van der Waals surface area contributed by atoms with E-state index in [0.717, 1.165) is 0 Å². The van der Waals surface area contributed by atoms with E-state index in [1.807, 2.05) is 6.07 Å². The summed E-state index contributed by atoms with van der Waals surface area (Å²) < 4.78 is 5.78. The van der Waals surface area contributed by atoms with Gasteiger partial charge in [-0.2, -0.15) is 0 Å². The molecule has 3 rings (SSSR count). The highest BCUT2D eigenvalue weighted by Gasteiger charge is 2.15. The number of carbonyl (C=O) groups excluding carboxylic acids is 1. The maximum Gasteiger partial charge on any atom is 0.271 e. The lowest BCUT2D eigenvalue weighted by molar-refractivity contribution is -0.384. The molecule has 7 nitrogen and oxygen atoms in total. The number of amides is 1. The van der Waals surface area contributed by atoms with Gasteiger partial charge in [-0.15, -0.1) is 0 Å². The Morgan fingerprint density at radius 1 is 0.964 bits per heavy atom. The van der Waals surface area contributed by atoms with Gasteiger partial charge in [0.2, 0.25) is 0 Å². The van der Waals surface area contributed by atoms with E-state index in [1.165, 1.54) is 18.2 Å². The van der Waals surface area contributed by atoms with Crippen LogP contribution in [0.3, 0.4) is 0 Å². The summed E-state index contributed by atoms with van der Waals surface area (Å²) in [7, 11) is 0.